The van der Waals surface area contributed by atoms with Gasteiger partial charge in [-0.1, -0.05) is 0 Å². The van der Waals surface area contributed by atoms with Gasteiger partial charge in [0.05, 0.1) is 12.2 Å². The third kappa shape index (κ3) is 4.15. The maximum absolute atomic E-state index is 11.5. The fraction of sp³-hybridized carbons (Fsp3) is 0.818. The second-order valence-corrected chi connectivity index (χ2v) is 4.42. The van der Waals surface area contributed by atoms with E-state index >= 15 is 0 Å². The van der Waals surface area contributed by atoms with Gasteiger partial charge in [0.1, 0.15) is 0 Å². The van der Waals surface area contributed by atoms with Crippen LogP contribution in [-0.4, -0.2) is 53.1 Å². The highest BCUT2D eigenvalue weighted by Gasteiger charge is 2.32. The summed E-state index contributed by atoms with van der Waals surface area (Å²) in [6, 6.07) is -1.87. The zero-order valence-corrected chi connectivity index (χ0v) is 10.5. The van der Waals surface area contributed by atoms with Crippen molar-refractivity contribution in [2.24, 2.45) is 0 Å². The summed E-state index contributed by atoms with van der Waals surface area (Å²) in [6.45, 7) is 3.87. The molecule has 104 valence electrons. The van der Waals surface area contributed by atoms with Gasteiger partial charge in [0.2, 0.25) is 0 Å². The number of rotatable bonds is 6. The normalized spacial score (nSPS) is 25.7. The summed E-state index contributed by atoms with van der Waals surface area (Å²) in [5, 5.41) is 22.9. The Morgan fingerprint density at radius 3 is 2.50 bits per heavy atom. The third-order valence-corrected chi connectivity index (χ3v) is 2.87. The molecule has 0 bridgehead atoms. The van der Waals surface area contributed by atoms with Gasteiger partial charge in [0, 0.05) is 12.6 Å². The first-order chi connectivity index (χ1) is 8.43. The van der Waals surface area contributed by atoms with Crippen LogP contribution in [0.25, 0.3) is 0 Å². The first-order valence-electron chi connectivity index (χ1n) is 6.03. The Balaban J connectivity index is 2.28. The first-order valence-corrected chi connectivity index (χ1v) is 6.03. The minimum absolute atomic E-state index is 0.00462. The Hall–Kier alpha value is -1.34. The number of hydrogen-bond acceptors (Lipinski definition) is 4. The number of carboxylic acid groups (broad SMARTS) is 1. The molecule has 1 rings (SSSR count). The van der Waals surface area contributed by atoms with Crippen LogP contribution in [0.2, 0.25) is 0 Å². The molecule has 0 aromatic carbocycles. The Kier molecular flexibility index (Phi) is 5.36. The van der Waals surface area contributed by atoms with Crippen LogP contribution in [0.1, 0.15) is 26.7 Å². The molecule has 2 atom stereocenters. The summed E-state index contributed by atoms with van der Waals surface area (Å²) in [5.74, 6) is -1.26. The zero-order valence-electron chi connectivity index (χ0n) is 10.5. The number of carbonyl (C=O) groups is 2. The van der Waals surface area contributed by atoms with Crippen molar-refractivity contribution in [3.63, 3.8) is 0 Å². The lowest BCUT2D eigenvalue weighted by molar-refractivity contribution is -0.141. The lowest BCUT2D eigenvalue weighted by atomic mass is 9.89. The fourth-order valence-electron chi connectivity index (χ4n) is 1.81. The van der Waals surface area contributed by atoms with E-state index in [1.165, 1.54) is 6.92 Å². The largest absolute Gasteiger partial charge is 0.480 e. The maximum Gasteiger partial charge on any atom is 0.328 e. The summed E-state index contributed by atoms with van der Waals surface area (Å²) < 4.78 is 5.34. The van der Waals surface area contributed by atoms with Gasteiger partial charge < -0.3 is 25.6 Å². The summed E-state index contributed by atoms with van der Waals surface area (Å²) in [6.07, 6.45) is 0.486. The highest BCUT2D eigenvalue weighted by atomic mass is 16.5. The van der Waals surface area contributed by atoms with Crippen LogP contribution in [-0.2, 0) is 9.53 Å². The Morgan fingerprint density at radius 1 is 1.44 bits per heavy atom. The van der Waals surface area contributed by atoms with Crippen molar-refractivity contribution < 1.29 is 24.5 Å². The summed E-state index contributed by atoms with van der Waals surface area (Å²) in [4.78, 5) is 22.3. The molecule has 0 aliphatic heterocycles. The number of aliphatic hydroxyl groups excluding tert-OH is 1. The van der Waals surface area contributed by atoms with Crippen LogP contribution in [0, 0.1) is 0 Å². The molecular weight excluding hydrogens is 240 g/mol. The molecule has 7 heteroatoms. The number of carboxylic acids is 1. The van der Waals surface area contributed by atoms with E-state index in [2.05, 4.69) is 10.6 Å². The Labute approximate surface area is 106 Å². The minimum Gasteiger partial charge on any atom is -0.480 e. The molecule has 18 heavy (non-hydrogen) atoms. The van der Waals surface area contributed by atoms with Crippen LogP contribution in [0.4, 0.5) is 4.79 Å². The van der Waals surface area contributed by atoms with Crippen molar-refractivity contribution in [3.05, 3.63) is 0 Å². The number of hydrogen-bond donors (Lipinski definition) is 4. The predicted molar refractivity (Wildman–Crippen MR) is 63.2 cm³/mol. The topological polar surface area (TPSA) is 108 Å². The van der Waals surface area contributed by atoms with Gasteiger partial charge in [-0.3, -0.25) is 0 Å². The van der Waals surface area contributed by atoms with Crippen molar-refractivity contribution in [1.82, 2.24) is 10.6 Å². The number of aliphatic carboxylic acids is 1. The van der Waals surface area contributed by atoms with E-state index < -0.39 is 24.1 Å². The molecule has 7 nitrogen and oxygen atoms in total. The third-order valence-electron chi connectivity index (χ3n) is 2.87. The van der Waals surface area contributed by atoms with E-state index in [4.69, 9.17) is 9.84 Å². The molecular formula is C11H20N2O5. The Bertz CT molecular complexity index is 302. The highest BCUT2D eigenvalue weighted by molar-refractivity contribution is 5.83. The number of amides is 2. The van der Waals surface area contributed by atoms with E-state index in [-0.39, 0.29) is 12.1 Å². The second kappa shape index (κ2) is 6.55. The lowest BCUT2D eigenvalue weighted by Gasteiger charge is -2.35. The maximum atomic E-state index is 11.5. The molecule has 0 spiro atoms. The lowest BCUT2D eigenvalue weighted by Crippen LogP contribution is -2.56. The summed E-state index contributed by atoms with van der Waals surface area (Å²) in [7, 11) is 0. The van der Waals surface area contributed by atoms with Gasteiger partial charge in [-0.05, 0) is 26.7 Å². The van der Waals surface area contributed by atoms with Crippen molar-refractivity contribution in [2.75, 3.05) is 6.61 Å². The Morgan fingerprint density at radius 2 is 2.06 bits per heavy atom. The molecule has 0 saturated heterocycles. The van der Waals surface area contributed by atoms with Crippen LogP contribution >= 0.6 is 0 Å². The van der Waals surface area contributed by atoms with E-state index in [9.17, 15) is 14.7 Å². The molecule has 2 unspecified atom stereocenters. The number of carbonyl (C=O) groups excluding carboxylic acids is 1. The van der Waals surface area contributed by atoms with Crippen LogP contribution < -0.4 is 10.6 Å². The molecule has 1 fully saturated rings. The molecule has 1 aliphatic rings. The van der Waals surface area contributed by atoms with Gasteiger partial charge in [0.25, 0.3) is 0 Å². The molecule has 1 saturated carbocycles. The molecule has 1 aliphatic carbocycles. The number of nitrogens with one attached hydrogen (secondary N) is 2. The van der Waals surface area contributed by atoms with Gasteiger partial charge in [-0.15, -0.1) is 0 Å². The quantitative estimate of drug-likeness (QED) is 0.524. The van der Waals surface area contributed by atoms with Gasteiger partial charge >= 0.3 is 12.0 Å². The molecule has 4 N–H and O–H groups in total. The summed E-state index contributed by atoms with van der Waals surface area (Å²) in [5.41, 5.74) is 0. The monoisotopic (exact) mass is 260 g/mol. The molecule has 0 aromatic heterocycles. The van der Waals surface area contributed by atoms with Crippen molar-refractivity contribution in [1.29, 1.82) is 0 Å². The van der Waals surface area contributed by atoms with E-state index in [0.29, 0.717) is 6.61 Å². The average Bonchev–Trinajstić information content (AvgIpc) is 2.22. The molecule has 0 heterocycles. The van der Waals surface area contributed by atoms with Crippen molar-refractivity contribution >= 4 is 12.0 Å². The number of urea groups is 1. The zero-order chi connectivity index (χ0) is 13.7. The SMILES string of the molecule is CCOC1CC(NC(=O)NC(C(=O)O)C(C)O)C1. The number of aliphatic hydroxyl groups is 1. The van der Waals surface area contributed by atoms with Gasteiger partial charge in [-0.25, -0.2) is 9.59 Å². The fourth-order valence-corrected chi connectivity index (χ4v) is 1.81. The van der Waals surface area contributed by atoms with Crippen LogP contribution in [0.15, 0.2) is 0 Å². The van der Waals surface area contributed by atoms with E-state index in [0.717, 1.165) is 12.8 Å². The standard InChI is InChI=1S/C11H20N2O5/c1-3-18-8-4-7(5-8)12-11(17)13-9(6(2)14)10(15)16/h6-9,14H,3-5H2,1-2H3,(H,15,16)(H2,12,13,17). The molecule has 0 radical (unpaired) electrons. The van der Waals surface area contributed by atoms with Crippen molar-refractivity contribution in [3.8, 4) is 0 Å². The smallest absolute Gasteiger partial charge is 0.328 e. The second-order valence-electron chi connectivity index (χ2n) is 4.42. The van der Waals surface area contributed by atoms with E-state index in [1.807, 2.05) is 6.92 Å². The van der Waals surface area contributed by atoms with Gasteiger partial charge in [-0.2, -0.15) is 0 Å². The predicted octanol–water partition coefficient (Wildman–Crippen LogP) is -0.313. The van der Waals surface area contributed by atoms with Gasteiger partial charge in [0.15, 0.2) is 6.04 Å². The first kappa shape index (κ1) is 14.7. The highest BCUT2D eigenvalue weighted by Crippen LogP contribution is 2.22. The van der Waals surface area contributed by atoms with Crippen LogP contribution in [0.3, 0.4) is 0 Å². The summed E-state index contributed by atoms with van der Waals surface area (Å²) >= 11 is 0. The average molecular weight is 260 g/mol. The number of ether oxygens (including phenoxy) is 1. The minimum atomic E-state index is -1.30. The molecule has 0 aromatic rings. The van der Waals surface area contributed by atoms with E-state index in [1.54, 1.807) is 0 Å². The molecule has 2 amide bonds. The van der Waals surface area contributed by atoms with Crippen LogP contribution in [0.5, 0.6) is 0 Å². The van der Waals surface area contributed by atoms with Crippen molar-refractivity contribution in [2.45, 2.75) is 51.0 Å².